The molecule has 0 radical (unpaired) electrons. The van der Waals surface area contributed by atoms with Crippen molar-refractivity contribution in [2.75, 3.05) is 44.2 Å². The van der Waals surface area contributed by atoms with Crippen LogP contribution in [0.1, 0.15) is 20.8 Å². The van der Waals surface area contributed by atoms with Crippen LogP contribution in [0.25, 0.3) is 0 Å². The highest BCUT2D eigenvalue weighted by Crippen LogP contribution is 2.16. The van der Waals surface area contributed by atoms with Gasteiger partial charge in [0, 0.05) is 50.5 Å². The van der Waals surface area contributed by atoms with Crippen LogP contribution >= 0.6 is 0 Å². The number of piperazine rings is 1. The Morgan fingerprint density at radius 2 is 1.65 bits per heavy atom. The van der Waals surface area contributed by atoms with E-state index in [9.17, 15) is 4.39 Å². The second-order valence-electron chi connectivity index (χ2n) is 6.48. The zero-order chi connectivity index (χ0) is 14.6. The number of benzene rings is 1. The number of hydrogen-bond acceptors (Lipinski definition) is 3. The first-order valence-corrected chi connectivity index (χ1v) is 7.42. The van der Waals surface area contributed by atoms with Gasteiger partial charge in [0.15, 0.2) is 0 Å². The van der Waals surface area contributed by atoms with Gasteiger partial charge >= 0.3 is 0 Å². The predicted octanol–water partition coefficient (Wildman–Crippen LogP) is 2.34. The number of anilines is 1. The van der Waals surface area contributed by atoms with Crippen LogP contribution in [0, 0.1) is 5.82 Å². The van der Waals surface area contributed by atoms with Crippen molar-refractivity contribution in [3.63, 3.8) is 0 Å². The van der Waals surface area contributed by atoms with E-state index in [0.29, 0.717) is 0 Å². The zero-order valence-corrected chi connectivity index (χ0v) is 12.8. The molecule has 1 aromatic rings. The summed E-state index contributed by atoms with van der Waals surface area (Å²) < 4.78 is 12.9. The summed E-state index contributed by atoms with van der Waals surface area (Å²) in [6, 6.07) is 6.81. The molecule has 1 N–H and O–H groups in total. The van der Waals surface area contributed by atoms with Crippen LogP contribution < -0.4 is 10.2 Å². The minimum Gasteiger partial charge on any atom is -0.369 e. The van der Waals surface area contributed by atoms with Gasteiger partial charge in [-0.2, -0.15) is 0 Å². The molecule has 0 aliphatic carbocycles. The van der Waals surface area contributed by atoms with Gasteiger partial charge in [0.25, 0.3) is 0 Å². The first-order chi connectivity index (χ1) is 9.44. The highest BCUT2D eigenvalue weighted by molar-refractivity contribution is 5.46. The molecule has 0 saturated carbocycles. The molecule has 0 amide bonds. The molecule has 0 unspecified atom stereocenters. The average Bonchev–Trinajstić information content (AvgIpc) is 2.39. The largest absolute Gasteiger partial charge is 0.369 e. The Balaban J connectivity index is 1.74. The molecular weight excluding hydrogens is 253 g/mol. The fourth-order valence-electron chi connectivity index (χ4n) is 2.47. The summed E-state index contributed by atoms with van der Waals surface area (Å²) in [6.07, 6.45) is 0. The maximum atomic E-state index is 12.9. The van der Waals surface area contributed by atoms with Crippen LogP contribution in [0.15, 0.2) is 24.3 Å². The maximum Gasteiger partial charge on any atom is 0.123 e. The lowest BCUT2D eigenvalue weighted by atomic mass is 10.1. The number of nitrogens with one attached hydrogen (secondary N) is 1. The van der Waals surface area contributed by atoms with Crippen molar-refractivity contribution in [2.24, 2.45) is 0 Å². The van der Waals surface area contributed by atoms with Crippen molar-refractivity contribution in [1.29, 1.82) is 0 Å². The van der Waals surface area contributed by atoms with Crippen molar-refractivity contribution in [3.05, 3.63) is 30.1 Å². The Labute approximate surface area is 121 Å². The second-order valence-corrected chi connectivity index (χ2v) is 6.48. The van der Waals surface area contributed by atoms with E-state index in [2.05, 4.69) is 35.9 Å². The summed E-state index contributed by atoms with van der Waals surface area (Å²) in [5.74, 6) is -0.166. The van der Waals surface area contributed by atoms with E-state index in [1.54, 1.807) is 0 Å². The normalized spacial score (nSPS) is 17.5. The molecule has 1 saturated heterocycles. The molecular formula is C16H26FN3. The van der Waals surface area contributed by atoms with Crippen molar-refractivity contribution < 1.29 is 4.39 Å². The van der Waals surface area contributed by atoms with Crippen LogP contribution in [0.4, 0.5) is 10.1 Å². The van der Waals surface area contributed by atoms with Crippen molar-refractivity contribution in [1.82, 2.24) is 10.2 Å². The van der Waals surface area contributed by atoms with Crippen LogP contribution in [0.3, 0.4) is 0 Å². The van der Waals surface area contributed by atoms with Gasteiger partial charge in [-0.05, 0) is 45.0 Å². The Hall–Kier alpha value is -1.13. The topological polar surface area (TPSA) is 18.5 Å². The third-order valence-electron chi connectivity index (χ3n) is 3.65. The van der Waals surface area contributed by atoms with Crippen LogP contribution in [0.5, 0.6) is 0 Å². The Kier molecular flexibility index (Phi) is 5.00. The van der Waals surface area contributed by atoms with E-state index >= 15 is 0 Å². The van der Waals surface area contributed by atoms with Crippen LogP contribution in [-0.4, -0.2) is 49.7 Å². The molecule has 112 valence electrons. The fourth-order valence-corrected chi connectivity index (χ4v) is 2.47. The van der Waals surface area contributed by atoms with E-state index in [0.717, 1.165) is 45.0 Å². The lowest BCUT2D eigenvalue weighted by molar-refractivity contribution is 0.248. The van der Waals surface area contributed by atoms with Gasteiger partial charge in [-0.25, -0.2) is 4.39 Å². The molecule has 20 heavy (non-hydrogen) atoms. The number of nitrogens with zero attached hydrogens (tertiary/aromatic N) is 2. The zero-order valence-electron chi connectivity index (χ0n) is 12.8. The number of hydrogen-bond donors (Lipinski definition) is 1. The molecule has 1 aromatic carbocycles. The van der Waals surface area contributed by atoms with Crippen molar-refractivity contribution >= 4 is 5.69 Å². The summed E-state index contributed by atoms with van der Waals surface area (Å²) in [7, 11) is 0. The van der Waals surface area contributed by atoms with Crippen LogP contribution in [0.2, 0.25) is 0 Å². The summed E-state index contributed by atoms with van der Waals surface area (Å²) in [5, 5.41) is 3.52. The number of rotatable bonds is 4. The summed E-state index contributed by atoms with van der Waals surface area (Å²) >= 11 is 0. The Bertz CT molecular complexity index is 403. The van der Waals surface area contributed by atoms with Gasteiger partial charge in [0.05, 0.1) is 0 Å². The third-order valence-corrected chi connectivity index (χ3v) is 3.65. The standard InChI is InChI=1S/C16H26FN3/c1-16(2,3)18-8-9-19-10-12-20(13-11-19)15-6-4-14(17)5-7-15/h4-7,18H,8-13H2,1-3H3. The Morgan fingerprint density at radius 3 is 2.20 bits per heavy atom. The first-order valence-electron chi connectivity index (χ1n) is 7.42. The van der Waals surface area contributed by atoms with Gasteiger partial charge in [-0.1, -0.05) is 0 Å². The summed E-state index contributed by atoms with van der Waals surface area (Å²) in [6.45, 7) is 12.9. The van der Waals surface area contributed by atoms with E-state index < -0.39 is 0 Å². The molecule has 1 aliphatic heterocycles. The molecule has 4 heteroatoms. The molecule has 1 aliphatic rings. The SMILES string of the molecule is CC(C)(C)NCCN1CCN(c2ccc(F)cc2)CC1. The minimum absolute atomic E-state index is 0.166. The molecule has 2 rings (SSSR count). The molecule has 0 atom stereocenters. The van der Waals surface area contributed by atoms with Gasteiger partial charge in [0.2, 0.25) is 0 Å². The average molecular weight is 279 g/mol. The van der Waals surface area contributed by atoms with Crippen molar-refractivity contribution in [2.45, 2.75) is 26.3 Å². The third kappa shape index (κ3) is 4.76. The van der Waals surface area contributed by atoms with Gasteiger partial charge in [0.1, 0.15) is 5.82 Å². The summed E-state index contributed by atoms with van der Waals surface area (Å²) in [5.41, 5.74) is 1.31. The molecule has 0 spiro atoms. The molecule has 0 aromatic heterocycles. The second kappa shape index (κ2) is 6.55. The molecule has 3 nitrogen and oxygen atoms in total. The smallest absolute Gasteiger partial charge is 0.123 e. The van der Waals surface area contributed by atoms with E-state index in [-0.39, 0.29) is 11.4 Å². The molecule has 1 fully saturated rings. The quantitative estimate of drug-likeness (QED) is 0.912. The molecule has 1 heterocycles. The minimum atomic E-state index is -0.166. The van der Waals surface area contributed by atoms with E-state index in [1.807, 2.05) is 12.1 Å². The summed E-state index contributed by atoms with van der Waals surface area (Å²) in [4.78, 5) is 4.81. The monoisotopic (exact) mass is 279 g/mol. The highest BCUT2D eigenvalue weighted by atomic mass is 19.1. The predicted molar refractivity (Wildman–Crippen MR) is 82.8 cm³/mol. The first kappa shape index (κ1) is 15.3. The van der Waals surface area contributed by atoms with Gasteiger partial charge in [-0.3, -0.25) is 4.90 Å². The van der Waals surface area contributed by atoms with E-state index in [4.69, 9.17) is 0 Å². The van der Waals surface area contributed by atoms with Gasteiger partial charge in [-0.15, -0.1) is 0 Å². The van der Waals surface area contributed by atoms with Crippen molar-refractivity contribution in [3.8, 4) is 0 Å². The van der Waals surface area contributed by atoms with Gasteiger partial charge < -0.3 is 10.2 Å². The lowest BCUT2D eigenvalue weighted by Gasteiger charge is -2.36. The highest BCUT2D eigenvalue weighted by Gasteiger charge is 2.17. The maximum absolute atomic E-state index is 12.9. The lowest BCUT2D eigenvalue weighted by Crippen LogP contribution is -2.49. The fraction of sp³-hybridized carbons (Fsp3) is 0.625. The molecule has 0 bridgehead atoms. The Morgan fingerprint density at radius 1 is 1.05 bits per heavy atom. The number of halogens is 1. The van der Waals surface area contributed by atoms with Crippen LogP contribution in [-0.2, 0) is 0 Å². The van der Waals surface area contributed by atoms with E-state index in [1.165, 1.54) is 12.1 Å².